The molecule has 0 saturated carbocycles. The minimum Gasteiger partial charge on any atom is -0.338 e. The smallest absolute Gasteiger partial charge is 0.254 e. The van der Waals surface area contributed by atoms with E-state index >= 15 is 0 Å². The van der Waals surface area contributed by atoms with Gasteiger partial charge < -0.3 is 10.2 Å². The summed E-state index contributed by atoms with van der Waals surface area (Å²) < 4.78 is 13.7. The van der Waals surface area contributed by atoms with E-state index in [0.717, 1.165) is 26.2 Å². The van der Waals surface area contributed by atoms with Crippen molar-refractivity contribution in [3.63, 3.8) is 0 Å². The van der Waals surface area contributed by atoms with E-state index in [2.05, 4.69) is 5.32 Å². The highest BCUT2D eigenvalue weighted by atomic mass is 127. The van der Waals surface area contributed by atoms with E-state index in [9.17, 15) is 9.18 Å². The summed E-state index contributed by atoms with van der Waals surface area (Å²) in [7, 11) is 0. The molecule has 2 aliphatic rings. The van der Waals surface area contributed by atoms with Gasteiger partial charge in [-0.3, -0.25) is 4.79 Å². The molecule has 1 aromatic carbocycles. The Labute approximate surface area is 119 Å². The molecule has 3 rings (SSSR count). The Morgan fingerprint density at radius 2 is 2.00 bits per heavy atom. The highest BCUT2D eigenvalue weighted by Crippen LogP contribution is 2.28. The van der Waals surface area contributed by atoms with Gasteiger partial charge in [0.1, 0.15) is 5.82 Å². The minimum atomic E-state index is -0.293. The second-order valence-electron chi connectivity index (χ2n) is 5.01. The molecule has 1 amide bonds. The van der Waals surface area contributed by atoms with Crippen molar-refractivity contribution in [2.24, 2.45) is 11.8 Å². The van der Waals surface area contributed by atoms with Crippen LogP contribution in [0.1, 0.15) is 10.4 Å². The van der Waals surface area contributed by atoms with Gasteiger partial charge >= 0.3 is 0 Å². The van der Waals surface area contributed by atoms with Crippen LogP contribution >= 0.6 is 22.6 Å². The molecule has 1 N–H and O–H groups in total. The van der Waals surface area contributed by atoms with Crippen molar-refractivity contribution in [3.05, 3.63) is 33.1 Å². The van der Waals surface area contributed by atoms with Crippen LogP contribution < -0.4 is 5.32 Å². The zero-order chi connectivity index (χ0) is 12.7. The van der Waals surface area contributed by atoms with E-state index in [4.69, 9.17) is 0 Å². The van der Waals surface area contributed by atoms with Crippen molar-refractivity contribution >= 4 is 28.5 Å². The number of hydrogen-bond donors (Lipinski definition) is 1. The predicted molar refractivity (Wildman–Crippen MR) is 74.9 cm³/mol. The third-order valence-electron chi connectivity index (χ3n) is 3.84. The fourth-order valence-corrected chi connectivity index (χ4v) is 3.56. The lowest BCUT2D eigenvalue weighted by Gasteiger charge is -2.18. The van der Waals surface area contributed by atoms with Crippen LogP contribution in [-0.4, -0.2) is 37.0 Å². The highest BCUT2D eigenvalue weighted by molar-refractivity contribution is 14.1. The van der Waals surface area contributed by atoms with Crippen LogP contribution in [0.4, 0.5) is 4.39 Å². The molecule has 0 radical (unpaired) electrons. The molecule has 2 atom stereocenters. The summed E-state index contributed by atoms with van der Waals surface area (Å²) in [6, 6.07) is 4.35. The molecule has 0 unspecified atom stereocenters. The lowest BCUT2D eigenvalue weighted by molar-refractivity contribution is 0.0780. The molecule has 1 aromatic rings. The van der Waals surface area contributed by atoms with Crippen molar-refractivity contribution < 1.29 is 9.18 Å². The van der Waals surface area contributed by atoms with Gasteiger partial charge in [-0.1, -0.05) is 0 Å². The van der Waals surface area contributed by atoms with E-state index in [-0.39, 0.29) is 11.7 Å². The number of halogens is 2. The molecule has 5 heteroatoms. The van der Waals surface area contributed by atoms with E-state index in [1.807, 2.05) is 27.5 Å². The van der Waals surface area contributed by atoms with Crippen LogP contribution in [0.5, 0.6) is 0 Å². The van der Waals surface area contributed by atoms with Gasteiger partial charge in [-0.25, -0.2) is 4.39 Å². The van der Waals surface area contributed by atoms with Crippen molar-refractivity contribution in [1.29, 1.82) is 0 Å². The Kier molecular flexibility index (Phi) is 3.27. The standard InChI is InChI=1S/C13H14FIN2O/c14-10-1-2-11(12(15)3-10)13(18)17-6-8-4-16-5-9(8)7-17/h1-3,8-9,16H,4-7H2/t8-,9+. The number of amides is 1. The van der Waals surface area contributed by atoms with E-state index in [1.165, 1.54) is 12.1 Å². The fraction of sp³-hybridized carbons (Fsp3) is 0.462. The van der Waals surface area contributed by atoms with Crippen LogP contribution in [0.15, 0.2) is 18.2 Å². The number of hydrogen-bond acceptors (Lipinski definition) is 2. The van der Waals surface area contributed by atoms with E-state index in [1.54, 1.807) is 6.07 Å². The van der Waals surface area contributed by atoms with Crippen molar-refractivity contribution in [2.75, 3.05) is 26.2 Å². The number of carbonyl (C=O) groups is 1. The lowest BCUT2D eigenvalue weighted by atomic mass is 10.0. The monoisotopic (exact) mass is 360 g/mol. The molecule has 2 heterocycles. The molecule has 3 nitrogen and oxygen atoms in total. The molecule has 18 heavy (non-hydrogen) atoms. The molecule has 96 valence electrons. The third-order valence-corrected chi connectivity index (χ3v) is 4.73. The Hall–Kier alpha value is -0.690. The third kappa shape index (κ3) is 2.14. The molecular formula is C13H14FIN2O. The van der Waals surface area contributed by atoms with Crippen LogP contribution in [-0.2, 0) is 0 Å². The summed E-state index contributed by atoms with van der Waals surface area (Å²) >= 11 is 2.02. The summed E-state index contributed by atoms with van der Waals surface area (Å²) in [4.78, 5) is 14.3. The number of likely N-dealkylation sites (tertiary alicyclic amines) is 1. The number of nitrogens with one attached hydrogen (secondary N) is 1. The quantitative estimate of drug-likeness (QED) is 0.774. The fourth-order valence-electron chi connectivity index (χ4n) is 2.85. The van der Waals surface area contributed by atoms with Gasteiger partial charge in [0.15, 0.2) is 0 Å². The molecule has 0 aliphatic carbocycles. The van der Waals surface area contributed by atoms with Crippen molar-refractivity contribution in [1.82, 2.24) is 10.2 Å². The summed E-state index contributed by atoms with van der Waals surface area (Å²) in [6.07, 6.45) is 0. The van der Waals surface area contributed by atoms with Gasteiger partial charge in [0.05, 0.1) is 5.56 Å². The number of fused-ring (bicyclic) bond motifs is 1. The van der Waals surface area contributed by atoms with Gasteiger partial charge in [-0.05, 0) is 52.6 Å². The van der Waals surface area contributed by atoms with Crippen LogP contribution in [0.25, 0.3) is 0 Å². The summed E-state index contributed by atoms with van der Waals surface area (Å²) in [5.74, 6) is 0.923. The molecule has 0 bridgehead atoms. The topological polar surface area (TPSA) is 32.3 Å². The second kappa shape index (κ2) is 4.77. The first-order valence-corrected chi connectivity index (χ1v) is 7.18. The number of nitrogens with zero attached hydrogens (tertiary/aromatic N) is 1. The first kappa shape index (κ1) is 12.3. The van der Waals surface area contributed by atoms with Crippen LogP contribution in [0, 0.1) is 21.2 Å². The number of carbonyl (C=O) groups excluding carboxylic acids is 1. The largest absolute Gasteiger partial charge is 0.338 e. The van der Waals surface area contributed by atoms with Gasteiger partial charge in [-0.2, -0.15) is 0 Å². The molecule has 0 spiro atoms. The Morgan fingerprint density at radius 3 is 2.61 bits per heavy atom. The maximum Gasteiger partial charge on any atom is 0.254 e. The SMILES string of the molecule is O=C(c1ccc(F)cc1I)N1C[C@H]2CNC[C@H]2C1. The lowest BCUT2D eigenvalue weighted by Crippen LogP contribution is -2.32. The molecule has 2 fully saturated rings. The molecule has 2 saturated heterocycles. The van der Waals surface area contributed by atoms with Crippen LogP contribution in [0.2, 0.25) is 0 Å². The highest BCUT2D eigenvalue weighted by Gasteiger charge is 2.38. The summed E-state index contributed by atoms with van der Waals surface area (Å²) in [6.45, 7) is 3.66. The van der Waals surface area contributed by atoms with Gasteiger partial charge in [0, 0.05) is 29.7 Å². The maximum absolute atomic E-state index is 13.0. The van der Waals surface area contributed by atoms with Crippen molar-refractivity contribution in [3.8, 4) is 0 Å². The molecule has 2 aliphatic heterocycles. The first-order valence-electron chi connectivity index (χ1n) is 6.10. The predicted octanol–water partition coefficient (Wildman–Crippen LogP) is 1.72. The Bertz CT molecular complexity index is 482. The first-order chi connectivity index (χ1) is 8.65. The Morgan fingerprint density at radius 1 is 1.33 bits per heavy atom. The number of benzene rings is 1. The van der Waals surface area contributed by atoms with E-state index in [0.29, 0.717) is 21.0 Å². The normalized spacial score (nSPS) is 26.4. The summed E-state index contributed by atoms with van der Waals surface area (Å²) in [5.41, 5.74) is 0.616. The molecular weight excluding hydrogens is 346 g/mol. The average molecular weight is 360 g/mol. The van der Waals surface area contributed by atoms with Crippen molar-refractivity contribution in [2.45, 2.75) is 0 Å². The summed E-state index contributed by atoms with van der Waals surface area (Å²) in [5, 5.41) is 3.35. The van der Waals surface area contributed by atoms with Gasteiger partial charge in [-0.15, -0.1) is 0 Å². The zero-order valence-corrected chi connectivity index (χ0v) is 12.0. The second-order valence-corrected chi connectivity index (χ2v) is 6.17. The Balaban J connectivity index is 1.79. The zero-order valence-electron chi connectivity index (χ0n) is 9.83. The molecule has 0 aromatic heterocycles. The average Bonchev–Trinajstić information content (AvgIpc) is 2.87. The van der Waals surface area contributed by atoms with Gasteiger partial charge in [0.25, 0.3) is 5.91 Å². The maximum atomic E-state index is 13.0. The van der Waals surface area contributed by atoms with Crippen LogP contribution in [0.3, 0.4) is 0 Å². The van der Waals surface area contributed by atoms with Gasteiger partial charge in [0.2, 0.25) is 0 Å². The minimum absolute atomic E-state index is 0.0359. The van der Waals surface area contributed by atoms with E-state index < -0.39 is 0 Å². The number of rotatable bonds is 1.